The van der Waals surface area contributed by atoms with Crippen molar-refractivity contribution in [2.24, 2.45) is 0 Å². The van der Waals surface area contributed by atoms with Crippen molar-refractivity contribution in [3.05, 3.63) is 200 Å². The highest BCUT2D eigenvalue weighted by atomic mass is 15.1. The summed E-state index contributed by atoms with van der Waals surface area (Å²) in [6, 6.07) is 72.1. The van der Waals surface area contributed by atoms with Gasteiger partial charge in [0.15, 0.2) is 0 Å². The number of para-hydroxylation sites is 4. The largest absolute Gasteiger partial charge is 0.311 e. The summed E-state index contributed by atoms with van der Waals surface area (Å²) in [6.45, 7) is 0. The maximum Gasteiger partial charge on any atom is 0.0541 e. The summed E-state index contributed by atoms with van der Waals surface area (Å²) in [5.41, 5.74) is 12.8. The van der Waals surface area contributed by atoms with Crippen molar-refractivity contribution in [3.63, 3.8) is 0 Å². The summed E-state index contributed by atoms with van der Waals surface area (Å²) in [5, 5.41) is 5.06. The molecule has 2 heterocycles. The second-order valence-corrected chi connectivity index (χ2v) is 13.0. The summed E-state index contributed by atoms with van der Waals surface area (Å²) in [4.78, 5) is 2.35. The van der Waals surface area contributed by atoms with Crippen LogP contribution in [0.1, 0.15) is 0 Å². The Morgan fingerprint density at radius 2 is 0.549 bits per heavy atom. The molecular formula is C48H33N3. The molecule has 10 aromatic rings. The van der Waals surface area contributed by atoms with Gasteiger partial charge in [-0.25, -0.2) is 0 Å². The van der Waals surface area contributed by atoms with Gasteiger partial charge < -0.3 is 14.0 Å². The predicted octanol–water partition coefficient (Wildman–Crippen LogP) is 13.0. The van der Waals surface area contributed by atoms with E-state index in [-0.39, 0.29) is 0 Å². The minimum absolute atomic E-state index is 1.09. The van der Waals surface area contributed by atoms with E-state index in [1.165, 1.54) is 54.7 Å². The molecule has 0 amide bonds. The van der Waals surface area contributed by atoms with Gasteiger partial charge in [0, 0.05) is 50.0 Å². The van der Waals surface area contributed by atoms with Crippen molar-refractivity contribution in [2.45, 2.75) is 0 Å². The fraction of sp³-hybridized carbons (Fsp3) is 0. The molecule has 0 saturated carbocycles. The highest BCUT2D eigenvalue weighted by Gasteiger charge is 2.17. The van der Waals surface area contributed by atoms with Crippen LogP contribution in [-0.4, -0.2) is 9.13 Å². The standard InChI is InChI=1S/C48H33N3/c1-2-12-34(13-3-1)35-22-24-36(25-23-35)49(37-26-30-39(31-27-37)50-45-18-8-4-14-41(45)42-15-5-9-19-46(42)50)38-28-32-40(33-29-38)51-47-20-10-6-16-43(47)44-17-7-11-21-48(44)51/h1-33H. The first-order chi connectivity index (χ1) is 25.3. The van der Waals surface area contributed by atoms with Crippen molar-refractivity contribution >= 4 is 60.7 Å². The molecule has 0 radical (unpaired) electrons. The Hall–Kier alpha value is -6.84. The molecular weight excluding hydrogens is 619 g/mol. The van der Waals surface area contributed by atoms with E-state index in [1.54, 1.807) is 0 Å². The lowest BCUT2D eigenvalue weighted by molar-refractivity contribution is 1.17. The van der Waals surface area contributed by atoms with Crippen molar-refractivity contribution in [2.75, 3.05) is 4.90 Å². The first kappa shape index (κ1) is 29.1. The molecule has 3 nitrogen and oxygen atoms in total. The fourth-order valence-electron chi connectivity index (χ4n) is 7.78. The molecule has 2 aromatic heterocycles. The molecule has 0 unspecified atom stereocenters. The Labute approximate surface area is 296 Å². The minimum atomic E-state index is 1.09. The van der Waals surface area contributed by atoms with Crippen LogP contribution >= 0.6 is 0 Å². The lowest BCUT2D eigenvalue weighted by atomic mass is 10.0. The smallest absolute Gasteiger partial charge is 0.0541 e. The van der Waals surface area contributed by atoms with Crippen LogP contribution in [0.3, 0.4) is 0 Å². The maximum atomic E-state index is 2.37. The van der Waals surface area contributed by atoms with Crippen LogP contribution in [0.25, 0.3) is 66.1 Å². The zero-order valence-electron chi connectivity index (χ0n) is 27.9. The van der Waals surface area contributed by atoms with E-state index in [1.807, 2.05) is 0 Å². The second kappa shape index (κ2) is 11.9. The van der Waals surface area contributed by atoms with Gasteiger partial charge in [-0.3, -0.25) is 0 Å². The Balaban J connectivity index is 1.09. The van der Waals surface area contributed by atoms with E-state index in [0.717, 1.165) is 28.4 Å². The van der Waals surface area contributed by atoms with Gasteiger partial charge in [-0.15, -0.1) is 0 Å². The van der Waals surface area contributed by atoms with E-state index in [0.29, 0.717) is 0 Å². The second-order valence-electron chi connectivity index (χ2n) is 13.0. The summed E-state index contributed by atoms with van der Waals surface area (Å²) in [7, 11) is 0. The van der Waals surface area contributed by atoms with Crippen LogP contribution in [0.15, 0.2) is 200 Å². The summed E-state index contributed by atoms with van der Waals surface area (Å²) >= 11 is 0. The van der Waals surface area contributed by atoms with Crippen molar-refractivity contribution < 1.29 is 0 Å². The maximum absolute atomic E-state index is 2.37. The third-order valence-electron chi connectivity index (χ3n) is 10.1. The summed E-state index contributed by atoms with van der Waals surface area (Å²) < 4.78 is 4.74. The third-order valence-corrected chi connectivity index (χ3v) is 10.1. The zero-order chi connectivity index (χ0) is 33.7. The number of hydrogen-bond donors (Lipinski definition) is 0. The Bertz CT molecular complexity index is 2560. The van der Waals surface area contributed by atoms with Crippen LogP contribution in [0.2, 0.25) is 0 Å². The van der Waals surface area contributed by atoms with Gasteiger partial charge in [0.25, 0.3) is 0 Å². The molecule has 0 atom stereocenters. The highest BCUT2D eigenvalue weighted by Crippen LogP contribution is 2.39. The van der Waals surface area contributed by atoms with Crippen LogP contribution in [-0.2, 0) is 0 Å². The van der Waals surface area contributed by atoms with Gasteiger partial charge in [-0.05, 0) is 96.1 Å². The Morgan fingerprint density at radius 3 is 0.922 bits per heavy atom. The summed E-state index contributed by atoms with van der Waals surface area (Å²) in [5.74, 6) is 0. The number of nitrogens with zero attached hydrogens (tertiary/aromatic N) is 3. The van der Waals surface area contributed by atoms with E-state index in [9.17, 15) is 0 Å². The molecule has 240 valence electrons. The van der Waals surface area contributed by atoms with Crippen molar-refractivity contribution in [1.29, 1.82) is 0 Å². The Morgan fingerprint density at radius 1 is 0.255 bits per heavy atom. The average molecular weight is 652 g/mol. The number of anilines is 3. The molecule has 0 aliphatic carbocycles. The molecule has 0 N–H and O–H groups in total. The molecule has 0 bridgehead atoms. The van der Waals surface area contributed by atoms with Gasteiger partial charge in [0.05, 0.1) is 22.1 Å². The lowest BCUT2D eigenvalue weighted by Crippen LogP contribution is -2.10. The lowest BCUT2D eigenvalue weighted by Gasteiger charge is -2.26. The van der Waals surface area contributed by atoms with Crippen LogP contribution in [0.4, 0.5) is 17.1 Å². The quantitative estimate of drug-likeness (QED) is 0.174. The third kappa shape index (κ3) is 4.82. The molecule has 0 aliphatic heterocycles. The fourth-order valence-corrected chi connectivity index (χ4v) is 7.78. The zero-order valence-corrected chi connectivity index (χ0v) is 27.9. The number of rotatable bonds is 6. The average Bonchev–Trinajstić information content (AvgIpc) is 3.72. The molecule has 0 saturated heterocycles. The SMILES string of the molecule is c1ccc(-c2ccc(N(c3ccc(-n4c5ccccc5c5ccccc54)cc3)c3ccc(-n4c5ccccc5c5ccccc54)cc3)cc2)cc1. The monoisotopic (exact) mass is 651 g/mol. The number of fused-ring (bicyclic) bond motifs is 6. The highest BCUT2D eigenvalue weighted by molar-refractivity contribution is 6.10. The molecule has 0 aliphatic rings. The molecule has 3 heteroatoms. The van der Waals surface area contributed by atoms with E-state index >= 15 is 0 Å². The van der Waals surface area contributed by atoms with Gasteiger partial charge >= 0.3 is 0 Å². The molecule has 10 rings (SSSR count). The normalized spacial score (nSPS) is 11.5. The molecule has 0 spiro atoms. The predicted molar refractivity (Wildman–Crippen MR) is 215 cm³/mol. The number of hydrogen-bond acceptors (Lipinski definition) is 1. The van der Waals surface area contributed by atoms with Crippen molar-refractivity contribution in [3.8, 4) is 22.5 Å². The minimum Gasteiger partial charge on any atom is -0.311 e. The summed E-state index contributed by atoms with van der Waals surface area (Å²) in [6.07, 6.45) is 0. The molecule has 8 aromatic carbocycles. The van der Waals surface area contributed by atoms with Crippen LogP contribution in [0.5, 0.6) is 0 Å². The van der Waals surface area contributed by atoms with E-state index in [4.69, 9.17) is 0 Å². The van der Waals surface area contributed by atoms with Gasteiger partial charge in [0.2, 0.25) is 0 Å². The van der Waals surface area contributed by atoms with Gasteiger partial charge in [-0.1, -0.05) is 115 Å². The number of aromatic nitrogens is 2. The first-order valence-electron chi connectivity index (χ1n) is 17.4. The van der Waals surface area contributed by atoms with Crippen LogP contribution < -0.4 is 4.90 Å². The topological polar surface area (TPSA) is 13.1 Å². The van der Waals surface area contributed by atoms with E-state index < -0.39 is 0 Å². The van der Waals surface area contributed by atoms with Gasteiger partial charge in [-0.2, -0.15) is 0 Å². The van der Waals surface area contributed by atoms with Crippen LogP contribution in [0, 0.1) is 0 Å². The molecule has 51 heavy (non-hydrogen) atoms. The van der Waals surface area contributed by atoms with Gasteiger partial charge in [0.1, 0.15) is 0 Å². The van der Waals surface area contributed by atoms with E-state index in [2.05, 4.69) is 214 Å². The first-order valence-corrected chi connectivity index (χ1v) is 17.4. The molecule has 0 fully saturated rings. The van der Waals surface area contributed by atoms with Crippen molar-refractivity contribution in [1.82, 2.24) is 9.13 Å². The number of benzene rings is 8. The Kier molecular flexibility index (Phi) is 6.81.